The maximum atomic E-state index is 12.1. The number of amides is 1. The lowest BCUT2D eigenvalue weighted by Gasteiger charge is -2.56. The van der Waals surface area contributed by atoms with E-state index in [9.17, 15) is 4.79 Å². The van der Waals surface area contributed by atoms with Gasteiger partial charge in [-0.25, -0.2) is 9.97 Å². The van der Waals surface area contributed by atoms with Crippen molar-refractivity contribution in [2.24, 2.45) is 11.1 Å². The molecule has 1 spiro atoms. The van der Waals surface area contributed by atoms with Gasteiger partial charge in [0.1, 0.15) is 17.4 Å². The molecule has 0 bridgehead atoms. The Hall–Kier alpha value is -3.85. The lowest BCUT2D eigenvalue weighted by molar-refractivity contribution is -0.0380. The molecule has 0 unspecified atom stereocenters. The lowest BCUT2D eigenvalue weighted by atomic mass is 9.71. The van der Waals surface area contributed by atoms with E-state index in [2.05, 4.69) is 50.3 Å². The number of pyridine rings is 2. The highest BCUT2D eigenvalue weighted by atomic mass is 16.5. The lowest BCUT2D eigenvalue weighted by Crippen LogP contribution is -2.62. The van der Waals surface area contributed by atoms with E-state index in [4.69, 9.17) is 10.5 Å². The molecule has 0 saturated carbocycles. The predicted octanol–water partition coefficient (Wildman–Crippen LogP) is 4.77. The van der Waals surface area contributed by atoms with E-state index in [0.29, 0.717) is 41.1 Å². The highest BCUT2D eigenvalue weighted by Gasteiger charge is 2.45. The summed E-state index contributed by atoms with van der Waals surface area (Å²) < 4.78 is 5.71. The van der Waals surface area contributed by atoms with E-state index in [-0.39, 0.29) is 5.56 Å². The Kier molecular flexibility index (Phi) is 7.37. The summed E-state index contributed by atoms with van der Waals surface area (Å²) in [6.45, 7) is 11.6. The van der Waals surface area contributed by atoms with Crippen LogP contribution in [0.3, 0.4) is 0 Å². The van der Waals surface area contributed by atoms with Crippen molar-refractivity contribution in [3.05, 3.63) is 60.4 Å². The Bertz CT molecular complexity index is 1260. The molecular formula is C29H37N7O2. The number of para-hydroxylation sites is 2. The van der Waals surface area contributed by atoms with Crippen LogP contribution in [0.1, 0.15) is 44.0 Å². The van der Waals surface area contributed by atoms with Gasteiger partial charge in [-0.3, -0.25) is 9.69 Å². The highest BCUT2D eigenvalue weighted by Crippen LogP contribution is 2.42. The molecule has 5 rings (SSSR count). The number of nitrogens with zero attached hydrogens (tertiary/aromatic N) is 4. The zero-order chi connectivity index (χ0) is 26.7. The number of primary amides is 1. The normalized spacial score (nSPS) is 16.8. The number of benzene rings is 1. The Balaban J connectivity index is 1.25. The number of carbonyl (C=O) groups excluding carboxylic acids is 1. The number of hydrogen-bond donors (Lipinski definition) is 3. The number of hydrogen-bond acceptors (Lipinski definition) is 8. The fraction of sp³-hybridized carbons (Fsp3) is 0.414. The van der Waals surface area contributed by atoms with Crippen LogP contribution in [-0.2, 0) is 0 Å². The summed E-state index contributed by atoms with van der Waals surface area (Å²) in [6, 6.07) is 14.0. The third-order valence-electron chi connectivity index (χ3n) is 7.63. The molecule has 9 heteroatoms. The van der Waals surface area contributed by atoms with Gasteiger partial charge in [-0.1, -0.05) is 12.1 Å². The summed E-state index contributed by atoms with van der Waals surface area (Å²) >= 11 is 0. The summed E-state index contributed by atoms with van der Waals surface area (Å²) in [5.74, 6) is 1.34. The van der Waals surface area contributed by atoms with Gasteiger partial charge in [0.05, 0.1) is 35.4 Å². The second-order valence-electron chi connectivity index (χ2n) is 10.5. The maximum absolute atomic E-state index is 12.1. The molecule has 1 aromatic carbocycles. The van der Waals surface area contributed by atoms with Crippen molar-refractivity contribution in [2.45, 2.75) is 39.7 Å². The van der Waals surface area contributed by atoms with Crippen LogP contribution < -0.4 is 26.0 Å². The van der Waals surface area contributed by atoms with Crippen LogP contribution >= 0.6 is 0 Å². The summed E-state index contributed by atoms with van der Waals surface area (Å²) in [7, 11) is 0. The van der Waals surface area contributed by atoms with Gasteiger partial charge in [0.25, 0.3) is 5.91 Å². The molecule has 0 radical (unpaired) electrons. The van der Waals surface area contributed by atoms with Gasteiger partial charge < -0.3 is 26.0 Å². The number of carbonyl (C=O) groups is 1. The van der Waals surface area contributed by atoms with E-state index >= 15 is 0 Å². The minimum atomic E-state index is -0.565. The largest absolute Gasteiger partial charge is 0.492 e. The van der Waals surface area contributed by atoms with Crippen LogP contribution in [0.5, 0.6) is 5.75 Å². The molecule has 0 aliphatic carbocycles. The summed E-state index contributed by atoms with van der Waals surface area (Å²) in [6.07, 6.45) is 5.84. The molecule has 9 nitrogen and oxygen atoms in total. The molecule has 38 heavy (non-hydrogen) atoms. The average Bonchev–Trinajstić information content (AvgIpc) is 2.89. The molecule has 4 N–H and O–H groups in total. The van der Waals surface area contributed by atoms with Crippen molar-refractivity contribution in [3.8, 4) is 5.75 Å². The zero-order valence-electron chi connectivity index (χ0n) is 22.4. The Morgan fingerprint density at radius 2 is 1.76 bits per heavy atom. The van der Waals surface area contributed by atoms with Gasteiger partial charge in [0.15, 0.2) is 0 Å². The number of rotatable bonds is 9. The zero-order valence-corrected chi connectivity index (χ0v) is 22.4. The Morgan fingerprint density at radius 1 is 1.03 bits per heavy atom. The van der Waals surface area contributed by atoms with Crippen LogP contribution in [0.4, 0.5) is 28.7 Å². The SMILES string of the molecule is CCOc1ccccc1Nc1cc(Nc2ccc(N3CCC4(CC3)CN(C(C)C)C4)cn2)ncc1C(N)=O. The molecule has 2 saturated heterocycles. The number of nitrogens with two attached hydrogens (primary N) is 1. The second-order valence-corrected chi connectivity index (χ2v) is 10.5. The summed E-state index contributed by atoms with van der Waals surface area (Å²) in [5.41, 5.74) is 8.82. The molecule has 1 amide bonds. The van der Waals surface area contributed by atoms with E-state index in [1.165, 1.54) is 32.1 Å². The van der Waals surface area contributed by atoms with Gasteiger partial charge in [-0.15, -0.1) is 0 Å². The number of nitrogens with one attached hydrogen (secondary N) is 2. The number of anilines is 5. The summed E-state index contributed by atoms with van der Waals surface area (Å²) in [4.78, 5) is 26.1. The fourth-order valence-electron chi connectivity index (χ4n) is 5.33. The van der Waals surface area contributed by atoms with Crippen molar-refractivity contribution < 1.29 is 9.53 Å². The van der Waals surface area contributed by atoms with Gasteiger partial charge in [-0.2, -0.15) is 0 Å². The molecule has 200 valence electrons. The second kappa shape index (κ2) is 10.9. The number of aromatic nitrogens is 2. The third-order valence-corrected chi connectivity index (χ3v) is 7.63. The maximum Gasteiger partial charge on any atom is 0.252 e. The van der Waals surface area contributed by atoms with E-state index in [0.717, 1.165) is 24.5 Å². The molecule has 0 atom stereocenters. The molecule has 3 aromatic rings. The van der Waals surface area contributed by atoms with Crippen molar-refractivity contribution in [3.63, 3.8) is 0 Å². The van der Waals surface area contributed by atoms with E-state index in [1.54, 1.807) is 6.07 Å². The minimum absolute atomic E-state index is 0.288. The van der Waals surface area contributed by atoms with Gasteiger partial charge in [0.2, 0.25) is 0 Å². The van der Waals surface area contributed by atoms with Crippen molar-refractivity contribution in [2.75, 3.05) is 48.3 Å². The highest BCUT2D eigenvalue weighted by molar-refractivity contribution is 5.99. The topological polar surface area (TPSA) is 109 Å². The fourth-order valence-corrected chi connectivity index (χ4v) is 5.33. The number of ether oxygens (including phenoxy) is 1. The Morgan fingerprint density at radius 3 is 2.42 bits per heavy atom. The Labute approximate surface area is 224 Å². The van der Waals surface area contributed by atoms with Crippen LogP contribution in [0.25, 0.3) is 0 Å². The van der Waals surface area contributed by atoms with Crippen LogP contribution in [0.2, 0.25) is 0 Å². The minimum Gasteiger partial charge on any atom is -0.492 e. The van der Waals surface area contributed by atoms with Crippen LogP contribution in [-0.4, -0.2) is 59.6 Å². The molecule has 4 heterocycles. The number of piperidine rings is 1. The van der Waals surface area contributed by atoms with Gasteiger partial charge in [-0.05, 0) is 63.3 Å². The molecular weight excluding hydrogens is 478 g/mol. The monoisotopic (exact) mass is 515 g/mol. The quantitative estimate of drug-likeness (QED) is 0.374. The van der Waals surface area contributed by atoms with E-state index < -0.39 is 5.91 Å². The molecule has 2 fully saturated rings. The molecule has 2 aliphatic rings. The molecule has 2 aliphatic heterocycles. The first-order valence-electron chi connectivity index (χ1n) is 13.4. The average molecular weight is 516 g/mol. The summed E-state index contributed by atoms with van der Waals surface area (Å²) in [5, 5.41) is 6.52. The standard InChI is InChI=1S/C29H37N7O2/c1-4-38-25-8-6-5-7-23(25)33-24-15-27(32-17-22(24)28(30)37)34-26-10-9-21(16-31-26)35-13-11-29(12-14-35)18-36(19-29)20(2)3/h5-10,15-17,20H,4,11-14,18-19H2,1-3H3,(H2,30,37)(H2,31,32,33,34). The van der Waals surface area contributed by atoms with Crippen LogP contribution in [0, 0.1) is 5.41 Å². The first-order valence-corrected chi connectivity index (χ1v) is 13.4. The smallest absolute Gasteiger partial charge is 0.252 e. The number of likely N-dealkylation sites (tertiary alicyclic amines) is 1. The first kappa shape index (κ1) is 25.8. The van der Waals surface area contributed by atoms with Crippen LogP contribution in [0.15, 0.2) is 54.9 Å². The van der Waals surface area contributed by atoms with Gasteiger partial charge >= 0.3 is 0 Å². The first-order chi connectivity index (χ1) is 18.4. The molecule has 2 aromatic heterocycles. The van der Waals surface area contributed by atoms with Crippen molar-refractivity contribution in [1.82, 2.24) is 14.9 Å². The van der Waals surface area contributed by atoms with Gasteiger partial charge in [0, 0.05) is 44.5 Å². The third kappa shape index (κ3) is 5.52. The predicted molar refractivity (Wildman–Crippen MR) is 152 cm³/mol. The van der Waals surface area contributed by atoms with Crippen molar-refractivity contribution in [1.29, 1.82) is 0 Å². The van der Waals surface area contributed by atoms with E-state index in [1.807, 2.05) is 43.5 Å². The van der Waals surface area contributed by atoms with Crippen molar-refractivity contribution >= 4 is 34.6 Å².